The van der Waals surface area contributed by atoms with Crippen molar-refractivity contribution >= 4 is 7.60 Å². The number of hydrogen-bond donors (Lipinski definition) is 2. The molecule has 1 rings (SSSR count). The fraction of sp³-hybridized carbons (Fsp3) is 0.333. The molecule has 0 amide bonds. The van der Waals surface area contributed by atoms with Crippen LogP contribution in [0.3, 0.4) is 0 Å². The zero-order chi connectivity index (χ0) is 11.3. The van der Waals surface area contributed by atoms with Gasteiger partial charge in [0.25, 0.3) is 0 Å². The molecule has 15 heavy (non-hydrogen) atoms. The zero-order valence-electron chi connectivity index (χ0n) is 8.29. The van der Waals surface area contributed by atoms with Crippen LogP contribution in [0.5, 0.6) is 5.75 Å². The van der Waals surface area contributed by atoms with Crippen molar-refractivity contribution in [1.82, 2.24) is 0 Å². The normalized spacial score (nSPS) is 11.4. The van der Waals surface area contributed by atoms with Crippen molar-refractivity contribution in [3.63, 3.8) is 0 Å². The summed E-state index contributed by atoms with van der Waals surface area (Å²) in [6.07, 6.45) is -0.252. The van der Waals surface area contributed by atoms with Crippen LogP contribution < -0.4 is 4.74 Å². The molecule has 0 aliphatic rings. The van der Waals surface area contributed by atoms with Crippen molar-refractivity contribution in [2.45, 2.75) is 6.16 Å². The van der Waals surface area contributed by atoms with Crippen LogP contribution in [-0.4, -0.2) is 23.7 Å². The van der Waals surface area contributed by atoms with E-state index < -0.39 is 7.60 Å². The van der Waals surface area contributed by atoms with E-state index in [1.54, 1.807) is 24.3 Å². The summed E-state index contributed by atoms with van der Waals surface area (Å²) >= 11 is 0. The van der Waals surface area contributed by atoms with Gasteiger partial charge in [-0.05, 0) is 17.7 Å². The van der Waals surface area contributed by atoms with Crippen molar-refractivity contribution < 1.29 is 23.8 Å². The predicted octanol–water partition coefficient (Wildman–Crippen LogP) is 1.35. The van der Waals surface area contributed by atoms with E-state index in [9.17, 15) is 4.57 Å². The van der Waals surface area contributed by atoms with Gasteiger partial charge in [0.15, 0.2) is 6.79 Å². The highest BCUT2D eigenvalue weighted by Gasteiger charge is 2.13. The van der Waals surface area contributed by atoms with E-state index in [0.717, 1.165) is 0 Å². The molecule has 2 N–H and O–H groups in total. The topological polar surface area (TPSA) is 76.0 Å². The summed E-state index contributed by atoms with van der Waals surface area (Å²) in [7, 11) is -2.47. The number of rotatable bonds is 5. The van der Waals surface area contributed by atoms with Gasteiger partial charge in [0.2, 0.25) is 0 Å². The van der Waals surface area contributed by atoms with E-state index in [1.807, 2.05) is 0 Å². The van der Waals surface area contributed by atoms with Gasteiger partial charge in [-0.25, -0.2) is 0 Å². The van der Waals surface area contributed by atoms with E-state index >= 15 is 0 Å². The maximum Gasteiger partial charge on any atom is 0.329 e. The van der Waals surface area contributed by atoms with Crippen molar-refractivity contribution in [2.24, 2.45) is 0 Å². The summed E-state index contributed by atoms with van der Waals surface area (Å²) in [4.78, 5) is 17.5. The molecule has 0 saturated carbocycles. The van der Waals surface area contributed by atoms with Crippen LogP contribution in [-0.2, 0) is 15.5 Å². The molecule has 6 heteroatoms. The van der Waals surface area contributed by atoms with E-state index in [-0.39, 0.29) is 13.0 Å². The molecule has 0 saturated heterocycles. The molecule has 84 valence electrons. The van der Waals surface area contributed by atoms with Crippen molar-refractivity contribution in [2.75, 3.05) is 13.9 Å². The minimum atomic E-state index is -3.99. The number of hydrogen-bond acceptors (Lipinski definition) is 3. The van der Waals surface area contributed by atoms with Gasteiger partial charge in [-0.15, -0.1) is 0 Å². The molecular weight excluding hydrogens is 219 g/mol. The van der Waals surface area contributed by atoms with Crippen LogP contribution in [0.4, 0.5) is 0 Å². The molecule has 0 aliphatic heterocycles. The SMILES string of the molecule is COCOc1ccc(CP(=O)(O)O)cc1. The minimum absolute atomic E-state index is 0.151. The maximum atomic E-state index is 10.7. The molecule has 0 aliphatic carbocycles. The average molecular weight is 232 g/mol. The molecule has 0 bridgehead atoms. The Labute approximate surface area is 87.8 Å². The predicted molar refractivity (Wildman–Crippen MR) is 54.7 cm³/mol. The molecule has 0 heterocycles. The molecule has 0 fully saturated rings. The summed E-state index contributed by atoms with van der Waals surface area (Å²) in [5.41, 5.74) is 0.577. The summed E-state index contributed by atoms with van der Waals surface area (Å²) in [6, 6.07) is 6.52. The molecule has 0 radical (unpaired) electrons. The van der Waals surface area contributed by atoms with Crippen LogP contribution in [0.15, 0.2) is 24.3 Å². The minimum Gasteiger partial charge on any atom is -0.468 e. The lowest BCUT2D eigenvalue weighted by molar-refractivity contribution is 0.0511. The number of ether oxygens (including phenoxy) is 2. The Morgan fingerprint density at radius 2 is 1.87 bits per heavy atom. The lowest BCUT2D eigenvalue weighted by Crippen LogP contribution is -1.98. The van der Waals surface area contributed by atoms with E-state index in [4.69, 9.17) is 19.3 Å². The van der Waals surface area contributed by atoms with Crippen LogP contribution in [0.25, 0.3) is 0 Å². The smallest absolute Gasteiger partial charge is 0.329 e. The fourth-order valence-electron chi connectivity index (χ4n) is 1.06. The Balaban J connectivity index is 2.60. The first-order valence-electron chi connectivity index (χ1n) is 4.26. The van der Waals surface area contributed by atoms with Gasteiger partial charge in [0.05, 0.1) is 6.16 Å². The van der Waals surface area contributed by atoms with E-state index in [2.05, 4.69) is 0 Å². The monoisotopic (exact) mass is 232 g/mol. The second-order valence-corrected chi connectivity index (χ2v) is 4.66. The Hall–Kier alpha value is -0.870. The fourth-order valence-corrected chi connectivity index (χ4v) is 1.74. The van der Waals surface area contributed by atoms with Gasteiger partial charge in [0.1, 0.15) is 5.75 Å². The third kappa shape index (κ3) is 4.95. The van der Waals surface area contributed by atoms with Gasteiger partial charge in [-0.3, -0.25) is 4.57 Å². The maximum absolute atomic E-state index is 10.7. The zero-order valence-corrected chi connectivity index (χ0v) is 9.18. The van der Waals surface area contributed by atoms with Crippen LogP contribution in [0.2, 0.25) is 0 Å². The van der Waals surface area contributed by atoms with E-state index in [1.165, 1.54) is 7.11 Å². The molecule has 0 atom stereocenters. The standard InChI is InChI=1S/C9H13O5P/c1-13-7-14-9-4-2-8(3-5-9)6-15(10,11)12/h2-5H,6-7H2,1H3,(H2,10,11,12). The van der Waals surface area contributed by atoms with Gasteiger partial charge < -0.3 is 19.3 Å². The van der Waals surface area contributed by atoms with Gasteiger partial charge >= 0.3 is 7.60 Å². The average Bonchev–Trinajstić information content (AvgIpc) is 2.14. The summed E-state index contributed by atoms with van der Waals surface area (Å²) in [6.45, 7) is 0.151. The lowest BCUT2D eigenvalue weighted by Gasteiger charge is -2.06. The van der Waals surface area contributed by atoms with E-state index in [0.29, 0.717) is 11.3 Å². The highest BCUT2D eigenvalue weighted by atomic mass is 31.2. The van der Waals surface area contributed by atoms with Crippen molar-refractivity contribution in [3.8, 4) is 5.75 Å². The third-order valence-corrected chi connectivity index (χ3v) is 2.43. The molecule has 0 spiro atoms. The lowest BCUT2D eigenvalue weighted by atomic mass is 10.2. The number of benzene rings is 1. The van der Waals surface area contributed by atoms with Crippen LogP contribution >= 0.6 is 7.60 Å². The molecule has 0 aromatic heterocycles. The largest absolute Gasteiger partial charge is 0.468 e. The highest BCUT2D eigenvalue weighted by molar-refractivity contribution is 7.50. The van der Waals surface area contributed by atoms with Crippen LogP contribution in [0.1, 0.15) is 5.56 Å². The van der Waals surface area contributed by atoms with Gasteiger partial charge in [-0.2, -0.15) is 0 Å². The molecule has 5 nitrogen and oxygen atoms in total. The Bertz CT molecular complexity index is 342. The summed E-state index contributed by atoms with van der Waals surface area (Å²) in [5, 5.41) is 0. The second kappa shape index (κ2) is 5.28. The van der Waals surface area contributed by atoms with Gasteiger partial charge in [-0.1, -0.05) is 12.1 Å². The molecule has 1 aromatic carbocycles. The summed E-state index contributed by atoms with van der Waals surface area (Å²) in [5.74, 6) is 0.603. The molecule has 0 unspecified atom stereocenters. The third-order valence-electron chi connectivity index (χ3n) is 1.66. The Kier molecular flexibility index (Phi) is 4.29. The van der Waals surface area contributed by atoms with Crippen LogP contribution in [0, 0.1) is 0 Å². The quantitative estimate of drug-likeness (QED) is 0.592. The second-order valence-electron chi connectivity index (χ2n) is 3.02. The number of methoxy groups -OCH3 is 1. The Morgan fingerprint density at radius 3 is 2.33 bits per heavy atom. The Morgan fingerprint density at radius 1 is 1.27 bits per heavy atom. The molecular formula is C9H13O5P. The summed E-state index contributed by atoms with van der Waals surface area (Å²) < 4.78 is 20.5. The first-order chi connectivity index (χ1) is 7.01. The first-order valence-corrected chi connectivity index (χ1v) is 6.06. The molecule has 1 aromatic rings. The van der Waals surface area contributed by atoms with Crippen molar-refractivity contribution in [3.05, 3.63) is 29.8 Å². The van der Waals surface area contributed by atoms with Crippen molar-refractivity contribution in [1.29, 1.82) is 0 Å². The first kappa shape index (κ1) is 12.2. The van der Waals surface area contributed by atoms with Gasteiger partial charge in [0, 0.05) is 7.11 Å². The highest BCUT2D eigenvalue weighted by Crippen LogP contribution is 2.39.